The van der Waals surface area contributed by atoms with Crippen molar-refractivity contribution in [1.82, 2.24) is 15.2 Å². The highest BCUT2D eigenvalue weighted by atomic mass is 16.5. The summed E-state index contributed by atoms with van der Waals surface area (Å²) in [5.41, 5.74) is 0.962. The molecule has 1 fully saturated rings. The lowest BCUT2D eigenvalue weighted by molar-refractivity contribution is 0.0904. The second-order valence-corrected chi connectivity index (χ2v) is 6.29. The average molecular weight is 381 g/mol. The fraction of sp³-hybridized carbons (Fsp3) is 0.368. The summed E-state index contributed by atoms with van der Waals surface area (Å²) >= 11 is 0. The Morgan fingerprint density at radius 2 is 2.36 bits per heavy atom. The zero-order valence-corrected chi connectivity index (χ0v) is 15.5. The number of ether oxygens (including phenoxy) is 2. The van der Waals surface area contributed by atoms with Crippen molar-refractivity contribution >= 4 is 11.6 Å². The molecule has 1 aromatic heterocycles. The van der Waals surface area contributed by atoms with E-state index in [1.54, 1.807) is 30.2 Å². The first-order valence-electron chi connectivity index (χ1n) is 8.57. The van der Waals surface area contributed by atoms with E-state index < -0.39 is 5.91 Å². The second-order valence-electron chi connectivity index (χ2n) is 6.29. The maximum Gasteiger partial charge on any atom is 0.307 e. The van der Waals surface area contributed by atoms with Gasteiger partial charge in [0.15, 0.2) is 17.6 Å². The number of nitrogens with one attached hydrogen (secondary N) is 1. The van der Waals surface area contributed by atoms with Crippen LogP contribution in [-0.4, -0.2) is 55.2 Å². The molecule has 2 atom stereocenters. The third-order valence-electron chi connectivity index (χ3n) is 4.51. The lowest BCUT2D eigenvalue weighted by atomic mass is 10.1. The molecule has 0 aliphatic carbocycles. The Morgan fingerprint density at radius 3 is 3.04 bits per heavy atom. The summed E-state index contributed by atoms with van der Waals surface area (Å²) in [7, 11) is 3.09. The fourth-order valence-corrected chi connectivity index (χ4v) is 3.20. The van der Waals surface area contributed by atoms with Crippen molar-refractivity contribution in [3.8, 4) is 23.3 Å². The number of likely N-dealkylation sites (tertiary alicyclic amines) is 1. The number of amides is 1. The van der Waals surface area contributed by atoms with Crippen LogP contribution in [0.2, 0.25) is 0 Å². The molecule has 1 aromatic carbocycles. The SMILES string of the molecule is [C-]#[N+]c1ccc(OC)c(-c2cnc(C(=O)N[C@@H]3C[C@@H](COC)N(C#N)C3)o2)c1. The summed E-state index contributed by atoms with van der Waals surface area (Å²) < 4.78 is 16.0. The van der Waals surface area contributed by atoms with Crippen molar-refractivity contribution in [3.05, 3.63) is 41.7 Å². The van der Waals surface area contributed by atoms with E-state index >= 15 is 0 Å². The molecule has 1 amide bonds. The van der Waals surface area contributed by atoms with Crippen LogP contribution in [0.25, 0.3) is 16.2 Å². The quantitative estimate of drug-likeness (QED) is 0.604. The van der Waals surface area contributed by atoms with Gasteiger partial charge >= 0.3 is 5.91 Å². The van der Waals surface area contributed by atoms with Gasteiger partial charge in [-0.05, 0) is 18.6 Å². The minimum atomic E-state index is -0.465. The number of carbonyl (C=O) groups is 1. The van der Waals surface area contributed by atoms with Crippen molar-refractivity contribution < 1.29 is 18.7 Å². The van der Waals surface area contributed by atoms with Gasteiger partial charge in [-0.25, -0.2) is 9.83 Å². The van der Waals surface area contributed by atoms with Gasteiger partial charge in [-0.2, -0.15) is 5.26 Å². The van der Waals surface area contributed by atoms with Crippen LogP contribution in [0.5, 0.6) is 5.75 Å². The summed E-state index contributed by atoms with van der Waals surface area (Å²) in [5.74, 6) is 0.282. The van der Waals surface area contributed by atoms with Gasteiger partial charge < -0.3 is 24.1 Å². The average Bonchev–Trinajstić information content (AvgIpc) is 3.35. The number of rotatable bonds is 6. The van der Waals surface area contributed by atoms with Crippen LogP contribution in [0.3, 0.4) is 0 Å². The number of benzene rings is 1. The van der Waals surface area contributed by atoms with E-state index in [1.165, 1.54) is 13.3 Å². The molecule has 2 heterocycles. The number of nitriles is 1. The Morgan fingerprint density at radius 1 is 1.54 bits per heavy atom. The van der Waals surface area contributed by atoms with Crippen molar-refractivity contribution in [1.29, 1.82) is 5.26 Å². The van der Waals surface area contributed by atoms with E-state index in [0.717, 1.165) is 0 Å². The zero-order valence-electron chi connectivity index (χ0n) is 15.5. The van der Waals surface area contributed by atoms with Crippen LogP contribution in [0.4, 0.5) is 5.69 Å². The van der Waals surface area contributed by atoms with Crippen molar-refractivity contribution in [3.63, 3.8) is 0 Å². The van der Waals surface area contributed by atoms with Crippen molar-refractivity contribution in [2.24, 2.45) is 0 Å². The molecule has 2 aromatic rings. The lowest BCUT2D eigenvalue weighted by Crippen LogP contribution is -2.36. The van der Waals surface area contributed by atoms with Crippen LogP contribution < -0.4 is 10.1 Å². The standard InChI is InChI=1S/C19H19N5O4/c1-21-12-4-5-16(27-3)15(7-12)17-8-22-19(28-17)18(25)23-13-6-14(10-26-2)24(9-13)11-20/h4-5,7-8,13-14H,6,9-10H2,2-3H3,(H,23,25)/t13-,14+/m1/s1. The number of methoxy groups -OCH3 is 2. The van der Waals surface area contributed by atoms with E-state index in [0.29, 0.717) is 42.3 Å². The van der Waals surface area contributed by atoms with Gasteiger partial charge in [0, 0.05) is 19.7 Å². The molecule has 9 nitrogen and oxygen atoms in total. The third kappa shape index (κ3) is 3.90. The maximum atomic E-state index is 12.5. The summed E-state index contributed by atoms with van der Waals surface area (Å²) in [4.78, 5) is 21.5. The topological polar surface area (TPSA) is 105 Å². The second kappa shape index (κ2) is 8.42. The normalized spacial score (nSPS) is 18.4. The Balaban J connectivity index is 1.74. The molecule has 0 unspecified atom stereocenters. The molecule has 9 heteroatoms. The number of nitrogens with zero attached hydrogens (tertiary/aromatic N) is 4. The van der Waals surface area contributed by atoms with Crippen LogP contribution in [0, 0.1) is 18.0 Å². The fourth-order valence-electron chi connectivity index (χ4n) is 3.20. The van der Waals surface area contributed by atoms with Crippen LogP contribution in [0.15, 0.2) is 28.8 Å². The lowest BCUT2D eigenvalue weighted by Gasteiger charge is -2.15. The number of oxazole rings is 1. The van der Waals surface area contributed by atoms with Crippen LogP contribution in [0.1, 0.15) is 17.1 Å². The van der Waals surface area contributed by atoms with E-state index in [4.69, 9.17) is 20.5 Å². The van der Waals surface area contributed by atoms with Crippen molar-refractivity contribution in [2.45, 2.75) is 18.5 Å². The van der Waals surface area contributed by atoms with Gasteiger partial charge in [0.2, 0.25) is 0 Å². The first-order valence-corrected chi connectivity index (χ1v) is 8.57. The highest BCUT2D eigenvalue weighted by molar-refractivity contribution is 5.90. The van der Waals surface area contributed by atoms with Gasteiger partial charge in [0.25, 0.3) is 5.89 Å². The molecule has 3 rings (SSSR count). The van der Waals surface area contributed by atoms with E-state index in [2.05, 4.69) is 21.3 Å². The minimum absolute atomic E-state index is 0.0685. The molecular formula is C19H19N5O4. The molecule has 0 spiro atoms. The third-order valence-corrected chi connectivity index (χ3v) is 4.51. The molecule has 0 radical (unpaired) electrons. The van der Waals surface area contributed by atoms with E-state index in [9.17, 15) is 10.1 Å². The highest BCUT2D eigenvalue weighted by Crippen LogP contribution is 2.34. The Hall–Kier alpha value is -3.56. The first kappa shape index (κ1) is 19.2. The summed E-state index contributed by atoms with van der Waals surface area (Å²) in [5, 5.41) is 12.0. The minimum Gasteiger partial charge on any atom is -0.496 e. The summed E-state index contributed by atoms with van der Waals surface area (Å²) in [6.45, 7) is 7.97. The number of aromatic nitrogens is 1. The Kier molecular flexibility index (Phi) is 5.78. The van der Waals surface area contributed by atoms with Gasteiger partial charge in [-0.1, -0.05) is 6.07 Å². The van der Waals surface area contributed by atoms with Crippen LogP contribution in [-0.2, 0) is 4.74 Å². The predicted molar refractivity (Wildman–Crippen MR) is 98.6 cm³/mol. The van der Waals surface area contributed by atoms with Gasteiger partial charge in [0.05, 0.1) is 38.1 Å². The molecule has 1 aliphatic rings. The molecule has 0 saturated carbocycles. The Labute approximate surface area is 162 Å². The maximum absolute atomic E-state index is 12.5. The first-order chi connectivity index (χ1) is 13.6. The van der Waals surface area contributed by atoms with Crippen LogP contribution >= 0.6 is 0 Å². The highest BCUT2D eigenvalue weighted by Gasteiger charge is 2.33. The number of hydrogen-bond donors (Lipinski definition) is 1. The monoisotopic (exact) mass is 381 g/mol. The molecule has 28 heavy (non-hydrogen) atoms. The van der Waals surface area contributed by atoms with Gasteiger partial charge in [-0.15, -0.1) is 0 Å². The molecule has 144 valence electrons. The Bertz CT molecular complexity index is 943. The molecule has 0 bridgehead atoms. The van der Waals surface area contributed by atoms with Gasteiger partial charge in [0.1, 0.15) is 5.75 Å². The molecular weight excluding hydrogens is 362 g/mol. The molecule has 1 saturated heterocycles. The number of hydrogen-bond acceptors (Lipinski definition) is 7. The molecule has 1 N–H and O–H groups in total. The summed E-state index contributed by atoms with van der Waals surface area (Å²) in [6, 6.07) is 4.64. The van der Waals surface area contributed by atoms with E-state index in [1.807, 2.05) is 0 Å². The van der Waals surface area contributed by atoms with Crippen molar-refractivity contribution in [2.75, 3.05) is 27.4 Å². The predicted octanol–water partition coefficient (Wildman–Crippen LogP) is 2.20. The van der Waals surface area contributed by atoms with Gasteiger partial charge in [-0.3, -0.25) is 4.79 Å². The smallest absolute Gasteiger partial charge is 0.307 e. The largest absolute Gasteiger partial charge is 0.496 e. The zero-order chi connectivity index (χ0) is 20.1. The molecule has 1 aliphatic heterocycles. The summed E-state index contributed by atoms with van der Waals surface area (Å²) in [6.07, 6.45) is 4.14. The van der Waals surface area contributed by atoms with E-state index in [-0.39, 0.29) is 18.0 Å². The number of carbonyl (C=O) groups excluding carboxylic acids is 1.